The van der Waals surface area contributed by atoms with E-state index >= 15 is 0 Å². The fraction of sp³-hybridized carbons (Fsp3) is 1.00. The monoisotopic (exact) mass is 171 g/mol. The van der Waals surface area contributed by atoms with Gasteiger partial charge >= 0.3 is 0 Å². The van der Waals surface area contributed by atoms with Gasteiger partial charge in [-0.25, -0.2) is 0 Å². The number of aliphatic hydroxyl groups is 1. The lowest BCUT2D eigenvalue weighted by Crippen LogP contribution is -2.31. The molecule has 0 saturated heterocycles. The third-order valence-electron chi connectivity index (χ3n) is 2.63. The predicted molar refractivity (Wildman–Crippen MR) is 51.1 cm³/mol. The van der Waals surface area contributed by atoms with Crippen molar-refractivity contribution in [1.82, 2.24) is 5.32 Å². The largest absolute Gasteiger partial charge is 0.393 e. The summed E-state index contributed by atoms with van der Waals surface area (Å²) in [6, 6.07) is 0.594. The maximum atomic E-state index is 9.28. The van der Waals surface area contributed by atoms with Gasteiger partial charge in [-0.15, -0.1) is 0 Å². The molecule has 0 bridgehead atoms. The summed E-state index contributed by atoms with van der Waals surface area (Å²) >= 11 is 0. The van der Waals surface area contributed by atoms with Crippen LogP contribution in [-0.4, -0.2) is 23.8 Å². The fourth-order valence-corrected chi connectivity index (χ4v) is 1.75. The van der Waals surface area contributed by atoms with E-state index in [2.05, 4.69) is 19.2 Å². The van der Waals surface area contributed by atoms with E-state index in [9.17, 15) is 5.11 Å². The average Bonchev–Trinajstić information content (AvgIpc) is 2.03. The standard InChI is InChI=1S/C10H21NO/c1-8(2)11-7-9-3-5-10(12)6-4-9/h8-12H,3-7H2,1-2H3. The number of aliphatic hydroxyl groups excluding tert-OH is 1. The zero-order valence-corrected chi connectivity index (χ0v) is 8.21. The SMILES string of the molecule is CC(C)NCC1CCC(O)CC1. The molecular weight excluding hydrogens is 150 g/mol. The Morgan fingerprint density at radius 2 is 1.83 bits per heavy atom. The summed E-state index contributed by atoms with van der Waals surface area (Å²) in [7, 11) is 0. The van der Waals surface area contributed by atoms with Gasteiger partial charge in [-0.3, -0.25) is 0 Å². The molecule has 0 aromatic carbocycles. The lowest BCUT2D eigenvalue weighted by molar-refractivity contribution is 0.108. The second-order valence-electron chi connectivity index (χ2n) is 4.24. The van der Waals surface area contributed by atoms with Crippen molar-refractivity contribution in [3.05, 3.63) is 0 Å². The number of nitrogens with one attached hydrogen (secondary N) is 1. The van der Waals surface area contributed by atoms with Crippen LogP contribution in [0.4, 0.5) is 0 Å². The van der Waals surface area contributed by atoms with Gasteiger partial charge in [0.15, 0.2) is 0 Å². The van der Waals surface area contributed by atoms with Crippen LogP contribution in [0.2, 0.25) is 0 Å². The Morgan fingerprint density at radius 3 is 2.33 bits per heavy atom. The van der Waals surface area contributed by atoms with Crippen LogP contribution in [0.15, 0.2) is 0 Å². The molecule has 2 N–H and O–H groups in total. The van der Waals surface area contributed by atoms with Crippen LogP contribution in [0.5, 0.6) is 0 Å². The molecule has 0 amide bonds. The van der Waals surface area contributed by atoms with E-state index in [0.29, 0.717) is 6.04 Å². The van der Waals surface area contributed by atoms with E-state index in [-0.39, 0.29) is 6.10 Å². The van der Waals surface area contributed by atoms with Crippen molar-refractivity contribution >= 4 is 0 Å². The summed E-state index contributed by atoms with van der Waals surface area (Å²) in [6.07, 6.45) is 4.39. The molecular formula is C10H21NO. The molecule has 0 atom stereocenters. The minimum absolute atomic E-state index is 0.0136. The Kier molecular flexibility index (Phi) is 4.02. The first-order valence-electron chi connectivity index (χ1n) is 5.10. The van der Waals surface area contributed by atoms with Crippen molar-refractivity contribution in [2.75, 3.05) is 6.54 Å². The van der Waals surface area contributed by atoms with Crippen molar-refractivity contribution in [3.8, 4) is 0 Å². The Labute approximate surface area is 75.4 Å². The normalized spacial score (nSPS) is 31.0. The molecule has 0 heterocycles. The van der Waals surface area contributed by atoms with E-state index in [4.69, 9.17) is 0 Å². The molecule has 1 rings (SSSR count). The zero-order chi connectivity index (χ0) is 8.97. The Morgan fingerprint density at radius 1 is 1.25 bits per heavy atom. The summed E-state index contributed by atoms with van der Waals surface area (Å²) in [5.74, 6) is 0.802. The maximum absolute atomic E-state index is 9.28. The van der Waals surface area contributed by atoms with Gasteiger partial charge in [-0.05, 0) is 38.1 Å². The molecule has 1 saturated carbocycles. The molecule has 12 heavy (non-hydrogen) atoms. The second kappa shape index (κ2) is 4.83. The lowest BCUT2D eigenvalue weighted by Gasteiger charge is -2.26. The summed E-state index contributed by atoms with van der Waals surface area (Å²) < 4.78 is 0. The minimum atomic E-state index is -0.0136. The maximum Gasteiger partial charge on any atom is 0.0540 e. The smallest absolute Gasteiger partial charge is 0.0540 e. The highest BCUT2D eigenvalue weighted by Crippen LogP contribution is 2.23. The highest BCUT2D eigenvalue weighted by atomic mass is 16.3. The molecule has 1 aliphatic carbocycles. The minimum Gasteiger partial charge on any atom is -0.393 e. The Bertz CT molecular complexity index is 117. The van der Waals surface area contributed by atoms with Crippen LogP contribution in [0, 0.1) is 5.92 Å². The lowest BCUT2D eigenvalue weighted by atomic mass is 9.87. The molecule has 1 aliphatic rings. The van der Waals surface area contributed by atoms with Crippen LogP contribution in [0.3, 0.4) is 0 Å². The Hall–Kier alpha value is -0.0800. The van der Waals surface area contributed by atoms with E-state index in [0.717, 1.165) is 25.3 Å². The molecule has 0 aliphatic heterocycles. The molecule has 72 valence electrons. The third kappa shape index (κ3) is 3.55. The molecule has 0 aromatic heterocycles. The van der Waals surface area contributed by atoms with Gasteiger partial charge in [-0.2, -0.15) is 0 Å². The van der Waals surface area contributed by atoms with Crippen molar-refractivity contribution < 1.29 is 5.11 Å². The second-order valence-corrected chi connectivity index (χ2v) is 4.24. The van der Waals surface area contributed by atoms with Crippen LogP contribution in [0.1, 0.15) is 39.5 Å². The quantitative estimate of drug-likeness (QED) is 0.675. The highest BCUT2D eigenvalue weighted by molar-refractivity contribution is 4.73. The van der Waals surface area contributed by atoms with Gasteiger partial charge in [0, 0.05) is 6.04 Å². The molecule has 2 nitrogen and oxygen atoms in total. The number of hydrogen-bond donors (Lipinski definition) is 2. The average molecular weight is 171 g/mol. The number of hydrogen-bond acceptors (Lipinski definition) is 2. The first-order valence-corrected chi connectivity index (χ1v) is 5.10. The van der Waals surface area contributed by atoms with Gasteiger partial charge in [0.1, 0.15) is 0 Å². The van der Waals surface area contributed by atoms with Crippen LogP contribution < -0.4 is 5.32 Å². The van der Waals surface area contributed by atoms with Crippen LogP contribution in [-0.2, 0) is 0 Å². The van der Waals surface area contributed by atoms with E-state index < -0.39 is 0 Å². The molecule has 0 aromatic rings. The highest BCUT2D eigenvalue weighted by Gasteiger charge is 2.18. The molecule has 1 fully saturated rings. The summed E-state index contributed by atoms with van der Waals surface area (Å²) in [6.45, 7) is 5.49. The molecule has 0 unspecified atom stereocenters. The van der Waals surface area contributed by atoms with E-state index in [1.165, 1.54) is 12.8 Å². The van der Waals surface area contributed by atoms with Gasteiger partial charge in [0.25, 0.3) is 0 Å². The van der Waals surface area contributed by atoms with Crippen LogP contribution in [0.25, 0.3) is 0 Å². The predicted octanol–water partition coefficient (Wildman–Crippen LogP) is 1.54. The van der Waals surface area contributed by atoms with Gasteiger partial charge in [-0.1, -0.05) is 13.8 Å². The molecule has 2 heteroatoms. The fourth-order valence-electron chi connectivity index (χ4n) is 1.75. The summed E-state index contributed by atoms with van der Waals surface area (Å²) in [4.78, 5) is 0. The van der Waals surface area contributed by atoms with Crippen molar-refractivity contribution in [3.63, 3.8) is 0 Å². The number of rotatable bonds is 3. The Balaban J connectivity index is 2.09. The first kappa shape index (κ1) is 10.0. The molecule has 0 spiro atoms. The van der Waals surface area contributed by atoms with Gasteiger partial charge in [0.2, 0.25) is 0 Å². The summed E-state index contributed by atoms with van der Waals surface area (Å²) in [5, 5.41) is 12.7. The van der Waals surface area contributed by atoms with E-state index in [1.807, 2.05) is 0 Å². The topological polar surface area (TPSA) is 32.3 Å². The van der Waals surface area contributed by atoms with Gasteiger partial charge < -0.3 is 10.4 Å². The van der Waals surface area contributed by atoms with Gasteiger partial charge in [0.05, 0.1) is 6.10 Å². The van der Waals surface area contributed by atoms with Crippen LogP contribution >= 0.6 is 0 Å². The van der Waals surface area contributed by atoms with Crippen molar-refractivity contribution in [2.24, 2.45) is 5.92 Å². The zero-order valence-electron chi connectivity index (χ0n) is 8.21. The van der Waals surface area contributed by atoms with Crippen molar-refractivity contribution in [2.45, 2.75) is 51.7 Å². The first-order chi connectivity index (χ1) is 5.68. The molecule has 0 radical (unpaired) electrons. The van der Waals surface area contributed by atoms with Crippen molar-refractivity contribution in [1.29, 1.82) is 0 Å². The summed E-state index contributed by atoms with van der Waals surface area (Å²) in [5.41, 5.74) is 0. The van der Waals surface area contributed by atoms with E-state index in [1.54, 1.807) is 0 Å². The third-order valence-corrected chi connectivity index (χ3v) is 2.63.